The summed E-state index contributed by atoms with van der Waals surface area (Å²) in [7, 11) is 0. The summed E-state index contributed by atoms with van der Waals surface area (Å²) in [6, 6.07) is 1.18. The summed E-state index contributed by atoms with van der Waals surface area (Å²) in [5.74, 6) is 0. The number of nitro groups is 2. The van der Waals surface area contributed by atoms with E-state index in [1.165, 1.54) is 6.92 Å². The molecular weight excluding hydrogens is 320 g/mol. The molecule has 0 saturated heterocycles. The van der Waals surface area contributed by atoms with Crippen molar-refractivity contribution in [3.05, 3.63) is 43.5 Å². The molecule has 0 aliphatic heterocycles. The van der Waals surface area contributed by atoms with Crippen LogP contribution in [-0.4, -0.2) is 28.1 Å². The summed E-state index contributed by atoms with van der Waals surface area (Å²) in [5.41, 5.74) is 4.41. The third-order valence-corrected chi connectivity index (χ3v) is 3.11. The first kappa shape index (κ1) is 19.3. The van der Waals surface area contributed by atoms with E-state index < -0.39 is 39.0 Å². The van der Waals surface area contributed by atoms with E-state index in [4.69, 9.17) is 10.5 Å². The Bertz CT molecular complexity index is 668. The van der Waals surface area contributed by atoms with Crippen molar-refractivity contribution < 1.29 is 19.4 Å². The quantitative estimate of drug-likeness (QED) is 0.616. The number of benzene rings is 1. The van der Waals surface area contributed by atoms with Crippen LogP contribution < -0.4 is 11.1 Å². The molecule has 132 valence electrons. The van der Waals surface area contributed by atoms with Gasteiger partial charge in [0.2, 0.25) is 0 Å². The number of nitro benzene ring substituents is 2. The van der Waals surface area contributed by atoms with E-state index in [-0.39, 0.29) is 17.7 Å². The van der Waals surface area contributed by atoms with E-state index >= 15 is 0 Å². The second-order valence-electron chi connectivity index (χ2n) is 6.13. The fraction of sp³-hybridized carbons (Fsp3) is 0.500. The standard InChI is InChI=1S/C14H20N4O6/c1-8-10(5-9(17(20)21)6-12(8)18(22)23)11(7-15)16-13(19)24-14(2,3)4/h5-6,11H,7,15H2,1-4H3,(H,16,19). The lowest BCUT2D eigenvalue weighted by Gasteiger charge is -2.23. The molecule has 1 aromatic rings. The van der Waals surface area contributed by atoms with Gasteiger partial charge in [0.25, 0.3) is 11.4 Å². The lowest BCUT2D eigenvalue weighted by molar-refractivity contribution is -0.394. The predicted octanol–water partition coefficient (Wildman–Crippen LogP) is 2.34. The molecule has 0 radical (unpaired) electrons. The lowest BCUT2D eigenvalue weighted by Crippen LogP contribution is -2.38. The van der Waals surface area contributed by atoms with Crippen molar-refractivity contribution in [1.82, 2.24) is 5.32 Å². The fourth-order valence-corrected chi connectivity index (χ4v) is 2.08. The van der Waals surface area contributed by atoms with Gasteiger partial charge < -0.3 is 15.8 Å². The van der Waals surface area contributed by atoms with Crippen molar-refractivity contribution >= 4 is 17.5 Å². The van der Waals surface area contributed by atoms with E-state index in [0.29, 0.717) is 0 Å². The third-order valence-electron chi connectivity index (χ3n) is 3.11. The number of amides is 1. The summed E-state index contributed by atoms with van der Waals surface area (Å²) in [6.45, 7) is 6.35. The van der Waals surface area contributed by atoms with Crippen molar-refractivity contribution in [2.24, 2.45) is 5.73 Å². The molecule has 1 amide bonds. The number of alkyl carbamates (subject to hydrolysis) is 1. The van der Waals surface area contributed by atoms with E-state index in [9.17, 15) is 25.0 Å². The van der Waals surface area contributed by atoms with Gasteiger partial charge in [0, 0.05) is 18.2 Å². The van der Waals surface area contributed by atoms with Gasteiger partial charge in [-0.15, -0.1) is 0 Å². The van der Waals surface area contributed by atoms with Crippen LogP contribution in [0.4, 0.5) is 16.2 Å². The van der Waals surface area contributed by atoms with Crippen LogP contribution in [0.5, 0.6) is 0 Å². The molecule has 0 aliphatic carbocycles. The van der Waals surface area contributed by atoms with Gasteiger partial charge in [-0.25, -0.2) is 4.79 Å². The maximum absolute atomic E-state index is 11.9. The van der Waals surface area contributed by atoms with Gasteiger partial charge in [-0.1, -0.05) is 0 Å². The number of hydrogen-bond donors (Lipinski definition) is 2. The summed E-state index contributed by atoms with van der Waals surface area (Å²) in [6.07, 6.45) is -0.772. The number of nitrogens with two attached hydrogens (primary N) is 1. The van der Waals surface area contributed by atoms with Crippen molar-refractivity contribution in [3.8, 4) is 0 Å². The molecule has 10 heteroatoms. The zero-order valence-corrected chi connectivity index (χ0v) is 13.9. The first-order chi connectivity index (χ1) is 11.0. The molecule has 0 bridgehead atoms. The first-order valence-electron chi connectivity index (χ1n) is 7.09. The summed E-state index contributed by atoms with van der Waals surface area (Å²) in [4.78, 5) is 32.5. The van der Waals surface area contributed by atoms with Crippen LogP contribution in [0.25, 0.3) is 0 Å². The summed E-state index contributed by atoms with van der Waals surface area (Å²) >= 11 is 0. The van der Waals surface area contributed by atoms with E-state index in [1.54, 1.807) is 20.8 Å². The Morgan fingerprint density at radius 1 is 1.29 bits per heavy atom. The minimum Gasteiger partial charge on any atom is -0.444 e. The lowest BCUT2D eigenvalue weighted by atomic mass is 9.98. The Hall–Kier alpha value is -2.75. The van der Waals surface area contributed by atoms with Gasteiger partial charge in [-0.3, -0.25) is 20.2 Å². The molecule has 1 atom stereocenters. The fourth-order valence-electron chi connectivity index (χ4n) is 2.08. The molecule has 0 heterocycles. The molecule has 1 unspecified atom stereocenters. The summed E-state index contributed by atoms with van der Waals surface area (Å²) < 4.78 is 5.11. The zero-order chi connectivity index (χ0) is 18.7. The Kier molecular flexibility index (Phi) is 5.80. The molecule has 0 fully saturated rings. The van der Waals surface area contributed by atoms with Crippen molar-refractivity contribution in [2.75, 3.05) is 6.54 Å². The number of nitrogens with one attached hydrogen (secondary N) is 1. The second kappa shape index (κ2) is 7.21. The Morgan fingerprint density at radius 3 is 2.29 bits per heavy atom. The molecule has 0 spiro atoms. The molecular formula is C14H20N4O6. The van der Waals surface area contributed by atoms with E-state index in [2.05, 4.69) is 5.32 Å². The highest BCUT2D eigenvalue weighted by molar-refractivity contribution is 5.69. The minimum atomic E-state index is -0.863. The highest BCUT2D eigenvalue weighted by Gasteiger charge is 2.27. The molecule has 10 nitrogen and oxygen atoms in total. The maximum atomic E-state index is 11.9. The van der Waals surface area contributed by atoms with Gasteiger partial charge in [-0.05, 0) is 33.3 Å². The van der Waals surface area contributed by atoms with Gasteiger partial charge in [0.05, 0.1) is 22.0 Å². The number of nitrogens with zero attached hydrogens (tertiary/aromatic N) is 2. The zero-order valence-electron chi connectivity index (χ0n) is 13.9. The van der Waals surface area contributed by atoms with Gasteiger partial charge in [-0.2, -0.15) is 0 Å². The number of rotatable bonds is 5. The van der Waals surface area contributed by atoms with E-state index in [0.717, 1.165) is 12.1 Å². The Labute approximate surface area is 138 Å². The maximum Gasteiger partial charge on any atom is 0.408 e. The average molecular weight is 340 g/mol. The molecule has 1 aromatic carbocycles. The number of hydrogen-bond acceptors (Lipinski definition) is 7. The average Bonchev–Trinajstić information content (AvgIpc) is 2.42. The van der Waals surface area contributed by atoms with Crippen molar-refractivity contribution in [1.29, 1.82) is 0 Å². The predicted molar refractivity (Wildman–Crippen MR) is 85.7 cm³/mol. The number of ether oxygens (including phenoxy) is 1. The van der Waals surface area contributed by atoms with Crippen LogP contribution in [-0.2, 0) is 4.74 Å². The molecule has 1 rings (SSSR count). The third kappa shape index (κ3) is 4.88. The van der Waals surface area contributed by atoms with Gasteiger partial charge >= 0.3 is 6.09 Å². The van der Waals surface area contributed by atoms with E-state index in [1.807, 2.05) is 0 Å². The number of carbonyl (C=O) groups excluding carboxylic acids is 1. The van der Waals surface area contributed by atoms with Crippen LogP contribution in [0.2, 0.25) is 0 Å². The van der Waals surface area contributed by atoms with Gasteiger partial charge in [0.1, 0.15) is 5.60 Å². The van der Waals surface area contributed by atoms with Crippen LogP contribution in [0.3, 0.4) is 0 Å². The highest BCUT2D eigenvalue weighted by Crippen LogP contribution is 2.31. The monoisotopic (exact) mass is 340 g/mol. The molecule has 3 N–H and O–H groups in total. The first-order valence-corrected chi connectivity index (χ1v) is 7.09. The van der Waals surface area contributed by atoms with Crippen molar-refractivity contribution in [3.63, 3.8) is 0 Å². The highest BCUT2D eigenvalue weighted by atomic mass is 16.6. The van der Waals surface area contributed by atoms with Crippen molar-refractivity contribution in [2.45, 2.75) is 39.3 Å². The smallest absolute Gasteiger partial charge is 0.408 e. The molecule has 0 aliphatic rings. The normalized spacial score (nSPS) is 12.4. The molecule has 0 aromatic heterocycles. The molecule has 0 saturated carbocycles. The van der Waals surface area contributed by atoms with Gasteiger partial charge in [0.15, 0.2) is 0 Å². The number of non-ortho nitro benzene ring substituents is 1. The topological polar surface area (TPSA) is 151 Å². The SMILES string of the molecule is Cc1c(C(CN)NC(=O)OC(C)(C)C)cc([N+](=O)[O-])cc1[N+](=O)[O-]. The Balaban J connectivity index is 3.27. The van der Waals surface area contributed by atoms with Crippen LogP contribution in [0.1, 0.15) is 37.9 Å². The number of carbonyl (C=O) groups is 1. The largest absolute Gasteiger partial charge is 0.444 e. The summed E-state index contributed by atoms with van der Waals surface area (Å²) in [5, 5.41) is 24.6. The van der Waals surface area contributed by atoms with Crippen LogP contribution in [0.15, 0.2) is 12.1 Å². The molecule has 24 heavy (non-hydrogen) atoms. The minimum absolute atomic E-state index is 0.113. The second-order valence-corrected chi connectivity index (χ2v) is 6.13. The Morgan fingerprint density at radius 2 is 1.88 bits per heavy atom. The van der Waals surface area contributed by atoms with Crippen LogP contribution in [0, 0.1) is 27.2 Å². The van der Waals surface area contributed by atoms with Crippen LogP contribution >= 0.6 is 0 Å².